The van der Waals surface area contributed by atoms with Crippen LogP contribution in [0.3, 0.4) is 0 Å². The molecular weight excluding hydrogens is 266 g/mol. The first-order chi connectivity index (χ1) is 10.1. The van der Waals surface area contributed by atoms with E-state index in [2.05, 4.69) is 22.2 Å². The number of hydrogen-bond acceptors (Lipinski definition) is 5. The van der Waals surface area contributed by atoms with Crippen LogP contribution in [0.2, 0.25) is 0 Å². The summed E-state index contributed by atoms with van der Waals surface area (Å²) in [5.74, 6) is -0.0199. The van der Waals surface area contributed by atoms with Crippen molar-refractivity contribution in [3.8, 4) is 0 Å². The van der Waals surface area contributed by atoms with Gasteiger partial charge in [0.2, 0.25) is 0 Å². The molecule has 0 spiro atoms. The number of nitrogens with one attached hydrogen (secondary N) is 1. The van der Waals surface area contributed by atoms with Crippen molar-refractivity contribution in [1.29, 1.82) is 0 Å². The summed E-state index contributed by atoms with van der Waals surface area (Å²) in [5.41, 5.74) is -0.412. The average molecular weight is 295 g/mol. The Morgan fingerprint density at radius 3 is 2.57 bits per heavy atom. The molecule has 5 nitrogen and oxygen atoms in total. The minimum absolute atomic E-state index is 0.0199. The second kappa shape index (κ2) is 6.23. The van der Waals surface area contributed by atoms with Gasteiger partial charge in [0.05, 0.1) is 6.61 Å². The number of hydrogen-bond donors (Lipinski definition) is 1. The van der Waals surface area contributed by atoms with Crippen molar-refractivity contribution in [1.82, 2.24) is 15.1 Å². The Kier molecular flexibility index (Phi) is 4.52. The van der Waals surface area contributed by atoms with Crippen LogP contribution in [0.15, 0.2) is 0 Å². The predicted molar refractivity (Wildman–Crippen MR) is 82.2 cm³/mol. The largest absolute Gasteiger partial charge is 0.465 e. The molecule has 1 aliphatic heterocycles. The minimum Gasteiger partial charge on any atom is -0.465 e. The summed E-state index contributed by atoms with van der Waals surface area (Å²) in [5, 5.41) is 3.62. The van der Waals surface area contributed by atoms with Gasteiger partial charge >= 0.3 is 5.97 Å². The van der Waals surface area contributed by atoms with E-state index in [0.717, 1.165) is 45.4 Å². The zero-order valence-electron chi connectivity index (χ0n) is 13.4. The van der Waals surface area contributed by atoms with Gasteiger partial charge in [-0.15, -0.1) is 0 Å². The fourth-order valence-corrected chi connectivity index (χ4v) is 3.78. The van der Waals surface area contributed by atoms with Crippen LogP contribution < -0.4 is 5.32 Å². The molecule has 2 saturated carbocycles. The standard InChI is InChI=1S/C16H29N3O2/c1-3-21-15(20)16(17-13-4-5-13)7-6-14(12-16)19-10-8-18(2)9-11-19/h13-14,17H,3-12H2,1-2H3. The van der Waals surface area contributed by atoms with Crippen molar-refractivity contribution < 1.29 is 9.53 Å². The molecule has 3 rings (SSSR count). The monoisotopic (exact) mass is 295 g/mol. The van der Waals surface area contributed by atoms with Gasteiger partial charge < -0.3 is 9.64 Å². The number of carbonyl (C=O) groups excluding carboxylic acids is 1. The molecule has 0 radical (unpaired) electrons. The zero-order chi connectivity index (χ0) is 14.9. The van der Waals surface area contributed by atoms with Crippen LogP contribution in [0.4, 0.5) is 0 Å². The van der Waals surface area contributed by atoms with Crippen LogP contribution in [0.25, 0.3) is 0 Å². The number of carbonyl (C=O) groups is 1. The van der Waals surface area contributed by atoms with Crippen LogP contribution in [-0.4, -0.2) is 73.2 Å². The lowest BCUT2D eigenvalue weighted by Gasteiger charge is -2.37. The van der Waals surface area contributed by atoms with Crippen LogP contribution in [-0.2, 0) is 9.53 Å². The Bertz CT molecular complexity index is 378. The van der Waals surface area contributed by atoms with Crippen LogP contribution in [0.1, 0.15) is 39.0 Å². The van der Waals surface area contributed by atoms with Crippen molar-refractivity contribution in [2.75, 3.05) is 39.8 Å². The first-order valence-corrected chi connectivity index (χ1v) is 8.50. The summed E-state index contributed by atoms with van der Waals surface area (Å²) in [4.78, 5) is 17.5. The van der Waals surface area contributed by atoms with Gasteiger partial charge in [-0.3, -0.25) is 15.0 Å². The van der Waals surface area contributed by atoms with Gasteiger partial charge in [-0.2, -0.15) is 0 Å². The molecule has 2 aliphatic carbocycles. The zero-order valence-corrected chi connectivity index (χ0v) is 13.4. The van der Waals surface area contributed by atoms with Crippen LogP contribution >= 0.6 is 0 Å². The molecule has 2 atom stereocenters. The highest BCUT2D eigenvalue weighted by Gasteiger charge is 2.50. The predicted octanol–water partition coefficient (Wildman–Crippen LogP) is 0.840. The van der Waals surface area contributed by atoms with E-state index in [4.69, 9.17) is 4.74 Å². The fourth-order valence-electron chi connectivity index (χ4n) is 3.78. The van der Waals surface area contributed by atoms with E-state index < -0.39 is 5.54 Å². The lowest BCUT2D eigenvalue weighted by molar-refractivity contribution is -0.151. The average Bonchev–Trinajstić information content (AvgIpc) is 3.17. The van der Waals surface area contributed by atoms with Gasteiger partial charge in [-0.1, -0.05) is 0 Å². The molecule has 1 N–H and O–H groups in total. The van der Waals surface area contributed by atoms with E-state index in [-0.39, 0.29) is 5.97 Å². The molecule has 5 heteroatoms. The lowest BCUT2D eigenvalue weighted by Crippen LogP contribution is -2.54. The van der Waals surface area contributed by atoms with Crippen molar-refractivity contribution in [2.45, 2.75) is 56.7 Å². The first-order valence-electron chi connectivity index (χ1n) is 8.50. The van der Waals surface area contributed by atoms with Crippen molar-refractivity contribution in [3.63, 3.8) is 0 Å². The highest BCUT2D eigenvalue weighted by atomic mass is 16.5. The topological polar surface area (TPSA) is 44.8 Å². The van der Waals surface area contributed by atoms with Crippen LogP contribution in [0, 0.1) is 0 Å². The SMILES string of the molecule is CCOC(=O)C1(NC2CC2)CCC(N2CCN(C)CC2)C1. The van der Waals surface area contributed by atoms with E-state index in [1.165, 1.54) is 12.8 Å². The van der Waals surface area contributed by atoms with Gasteiger partial charge in [0.25, 0.3) is 0 Å². The van der Waals surface area contributed by atoms with Crippen molar-refractivity contribution >= 4 is 5.97 Å². The molecule has 2 unspecified atom stereocenters. The maximum absolute atomic E-state index is 12.5. The molecule has 120 valence electrons. The van der Waals surface area contributed by atoms with Crippen molar-refractivity contribution in [2.24, 2.45) is 0 Å². The summed E-state index contributed by atoms with van der Waals surface area (Å²) < 4.78 is 5.38. The summed E-state index contributed by atoms with van der Waals surface area (Å²) >= 11 is 0. The number of nitrogens with zero attached hydrogens (tertiary/aromatic N) is 2. The highest BCUT2D eigenvalue weighted by molar-refractivity contribution is 5.81. The molecule has 0 aromatic heterocycles. The molecule has 0 aromatic rings. The first kappa shape index (κ1) is 15.3. The Morgan fingerprint density at radius 2 is 1.95 bits per heavy atom. The maximum atomic E-state index is 12.5. The Hall–Kier alpha value is -0.650. The molecular formula is C16H29N3O2. The Morgan fingerprint density at radius 1 is 1.24 bits per heavy atom. The summed E-state index contributed by atoms with van der Waals surface area (Å²) in [6, 6.07) is 1.08. The van der Waals surface area contributed by atoms with Crippen molar-refractivity contribution in [3.05, 3.63) is 0 Å². The minimum atomic E-state index is -0.412. The highest BCUT2D eigenvalue weighted by Crippen LogP contribution is 2.37. The molecule has 3 aliphatic rings. The molecule has 0 amide bonds. The summed E-state index contributed by atoms with van der Waals surface area (Å²) in [6.07, 6.45) is 5.38. The van der Waals surface area contributed by atoms with Crippen LogP contribution in [0.5, 0.6) is 0 Å². The number of ether oxygens (including phenoxy) is 1. The van der Waals surface area contributed by atoms with Gasteiger partial charge in [-0.25, -0.2) is 0 Å². The van der Waals surface area contributed by atoms with E-state index in [1.54, 1.807) is 0 Å². The molecule has 3 fully saturated rings. The number of rotatable bonds is 5. The number of likely N-dealkylation sites (N-methyl/N-ethyl adjacent to an activating group) is 1. The van der Waals surface area contributed by atoms with Gasteiger partial charge in [0.1, 0.15) is 5.54 Å². The van der Waals surface area contributed by atoms with E-state index in [9.17, 15) is 4.79 Å². The molecule has 0 aromatic carbocycles. The Balaban J connectivity index is 1.64. The molecule has 1 saturated heterocycles. The lowest BCUT2D eigenvalue weighted by atomic mass is 9.96. The quantitative estimate of drug-likeness (QED) is 0.762. The summed E-state index contributed by atoms with van der Waals surface area (Å²) in [6.45, 7) is 6.91. The molecule has 1 heterocycles. The van der Waals surface area contributed by atoms with E-state index >= 15 is 0 Å². The van der Waals surface area contributed by atoms with E-state index in [0.29, 0.717) is 18.7 Å². The summed E-state index contributed by atoms with van der Waals surface area (Å²) in [7, 11) is 2.18. The maximum Gasteiger partial charge on any atom is 0.326 e. The Labute approximate surface area is 128 Å². The smallest absolute Gasteiger partial charge is 0.326 e. The fraction of sp³-hybridized carbons (Fsp3) is 0.938. The van der Waals surface area contributed by atoms with Gasteiger partial charge in [0, 0.05) is 38.3 Å². The molecule has 21 heavy (non-hydrogen) atoms. The second-order valence-corrected chi connectivity index (χ2v) is 6.96. The third kappa shape index (κ3) is 3.41. The number of esters is 1. The van der Waals surface area contributed by atoms with E-state index in [1.807, 2.05) is 6.92 Å². The second-order valence-electron chi connectivity index (χ2n) is 6.96. The van der Waals surface area contributed by atoms with Gasteiger partial charge in [-0.05, 0) is 46.1 Å². The normalized spacial score (nSPS) is 35.0. The number of piperazine rings is 1. The molecule has 0 bridgehead atoms. The third-order valence-electron chi connectivity index (χ3n) is 5.27. The van der Waals surface area contributed by atoms with Gasteiger partial charge in [0.15, 0.2) is 0 Å². The third-order valence-corrected chi connectivity index (χ3v) is 5.27.